The first-order valence-electron chi connectivity index (χ1n) is 7.75. The predicted octanol–water partition coefficient (Wildman–Crippen LogP) is 3.68. The van der Waals surface area contributed by atoms with Gasteiger partial charge in [-0.3, -0.25) is 9.59 Å². The molecule has 2 N–H and O–H groups in total. The number of benzene rings is 2. The predicted molar refractivity (Wildman–Crippen MR) is 102 cm³/mol. The van der Waals surface area contributed by atoms with Crippen LogP contribution in [0.15, 0.2) is 48.5 Å². The van der Waals surface area contributed by atoms with Crippen molar-refractivity contribution < 1.29 is 9.59 Å². The number of anilines is 1. The number of aromatic nitrogens is 2. The van der Waals surface area contributed by atoms with E-state index in [4.69, 9.17) is 11.6 Å². The lowest BCUT2D eigenvalue weighted by molar-refractivity contribution is 0.0948. The Kier molecular flexibility index (Phi) is 5.60. The molecule has 8 heteroatoms. The van der Waals surface area contributed by atoms with E-state index < -0.39 is 5.91 Å². The topological polar surface area (TPSA) is 84.0 Å². The molecule has 0 aliphatic carbocycles. The van der Waals surface area contributed by atoms with Crippen LogP contribution < -0.4 is 10.6 Å². The lowest BCUT2D eigenvalue weighted by Gasteiger charge is -2.03. The zero-order valence-corrected chi connectivity index (χ0v) is 15.4. The van der Waals surface area contributed by atoms with E-state index in [9.17, 15) is 9.59 Å². The summed E-state index contributed by atoms with van der Waals surface area (Å²) in [5.74, 6) is -0.813. The van der Waals surface area contributed by atoms with Crippen LogP contribution in [0.2, 0.25) is 5.02 Å². The molecule has 2 aromatic carbocycles. The fourth-order valence-electron chi connectivity index (χ4n) is 2.12. The van der Waals surface area contributed by atoms with Crippen LogP contribution in [-0.4, -0.2) is 22.0 Å². The largest absolute Gasteiger partial charge is 0.346 e. The molecule has 0 saturated heterocycles. The van der Waals surface area contributed by atoms with E-state index in [2.05, 4.69) is 20.8 Å². The number of hydrogen-bond acceptors (Lipinski definition) is 5. The minimum Gasteiger partial charge on any atom is -0.346 e. The van der Waals surface area contributed by atoms with Crippen LogP contribution in [0.1, 0.15) is 30.7 Å². The van der Waals surface area contributed by atoms with Gasteiger partial charge in [-0.05, 0) is 30.7 Å². The molecule has 0 bridgehead atoms. The molecule has 1 aromatic heterocycles. The summed E-state index contributed by atoms with van der Waals surface area (Å²) in [5.41, 5.74) is 2.68. The zero-order valence-electron chi connectivity index (χ0n) is 13.8. The smallest absolute Gasteiger partial charge is 0.286 e. The molecule has 0 saturated carbocycles. The molecule has 0 radical (unpaired) electrons. The molecule has 6 nitrogen and oxygen atoms in total. The van der Waals surface area contributed by atoms with Crippen molar-refractivity contribution in [2.24, 2.45) is 0 Å². The molecule has 1 heterocycles. The van der Waals surface area contributed by atoms with Gasteiger partial charge in [0, 0.05) is 17.3 Å². The minimum atomic E-state index is -0.442. The standard InChI is InChI=1S/C18H15ClN4O2S/c1-11-5-7-12(8-6-11)10-20-15(24)17-22-23-18(26-17)16(25)21-14-4-2-3-13(19)9-14/h2-9H,10H2,1H3,(H,20,24)(H,21,25). The molecule has 2 amide bonds. The van der Waals surface area contributed by atoms with Crippen LogP contribution in [0, 0.1) is 6.92 Å². The van der Waals surface area contributed by atoms with Gasteiger partial charge >= 0.3 is 0 Å². The Balaban J connectivity index is 1.60. The van der Waals surface area contributed by atoms with Crippen molar-refractivity contribution in [1.82, 2.24) is 15.5 Å². The van der Waals surface area contributed by atoms with Crippen molar-refractivity contribution in [3.63, 3.8) is 0 Å². The summed E-state index contributed by atoms with van der Waals surface area (Å²) < 4.78 is 0. The number of hydrogen-bond donors (Lipinski definition) is 2. The first-order valence-corrected chi connectivity index (χ1v) is 8.95. The molecule has 0 unspecified atom stereocenters. The third kappa shape index (κ3) is 4.65. The molecule has 26 heavy (non-hydrogen) atoms. The summed E-state index contributed by atoms with van der Waals surface area (Å²) in [6.07, 6.45) is 0. The van der Waals surface area contributed by atoms with Crippen LogP contribution in [0.5, 0.6) is 0 Å². The second-order valence-electron chi connectivity index (χ2n) is 5.55. The van der Waals surface area contributed by atoms with E-state index in [0.29, 0.717) is 17.3 Å². The molecule has 132 valence electrons. The molecule has 3 aromatic rings. The lowest BCUT2D eigenvalue weighted by atomic mass is 10.1. The van der Waals surface area contributed by atoms with E-state index in [1.807, 2.05) is 31.2 Å². The number of aryl methyl sites for hydroxylation is 1. The number of carbonyl (C=O) groups excluding carboxylic acids is 2. The van der Waals surface area contributed by atoms with Crippen LogP contribution in [0.3, 0.4) is 0 Å². The fourth-order valence-corrected chi connectivity index (χ4v) is 2.97. The van der Waals surface area contributed by atoms with E-state index in [0.717, 1.165) is 22.5 Å². The fraction of sp³-hybridized carbons (Fsp3) is 0.111. The third-order valence-electron chi connectivity index (χ3n) is 3.47. The van der Waals surface area contributed by atoms with Gasteiger partial charge in [-0.1, -0.05) is 58.8 Å². The Morgan fingerprint density at radius 1 is 1.04 bits per heavy atom. The molecule has 3 rings (SSSR count). The number of rotatable bonds is 5. The highest BCUT2D eigenvalue weighted by molar-refractivity contribution is 7.15. The summed E-state index contributed by atoms with van der Waals surface area (Å²) in [6, 6.07) is 14.6. The van der Waals surface area contributed by atoms with Gasteiger partial charge in [0.2, 0.25) is 10.0 Å². The van der Waals surface area contributed by atoms with Crippen molar-refractivity contribution in [2.75, 3.05) is 5.32 Å². The molecule has 0 fully saturated rings. The molecule has 0 aliphatic rings. The second-order valence-corrected chi connectivity index (χ2v) is 6.96. The Morgan fingerprint density at radius 3 is 2.42 bits per heavy atom. The van der Waals surface area contributed by atoms with Crippen molar-refractivity contribution in [2.45, 2.75) is 13.5 Å². The SMILES string of the molecule is Cc1ccc(CNC(=O)c2nnc(C(=O)Nc3cccc(Cl)c3)s2)cc1. The highest BCUT2D eigenvalue weighted by atomic mass is 35.5. The Hall–Kier alpha value is -2.77. The summed E-state index contributed by atoms with van der Waals surface area (Å²) in [7, 11) is 0. The molecular weight excluding hydrogens is 372 g/mol. The van der Waals surface area contributed by atoms with Gasteiger partial charge in [0.1, 0.15) is 0 Å². The number of nitrogens with one attached hydrogen (secondary N) is 2. The van der Waals surface area contributed by atoms with E-state index in [1.54, 1.807) is 24.3 Å². The monoisotopic (exact) mass is 386 g/mol. The van der Waals surface area contributed by atoms with Gasteiger partial charge < -0.3 is 10.6 Å². The second kappa shape index (κ2) is 8.07. The maximum atomic E-state index is 12.2. The summed E-state index contributed by atoms with van der Waals surface area (Å²) in [5, 5.41) is 13.8. The highest BCUT2D eigenvalue weighted by Gasteiger charge is 2.17. The van der Waals surface area contributed by atoms with Gasteiger partial charge in [0.25, 0.3) is 11.8 Å². The first kappa shape index (κ1) is 18.0. The van der Waals surface area contributed by atoms with Crippen LogP contribution in [-0.2, 0) is 6.54 Å². The molecular formula is C18H15ClN4O2S. The molecule has 0 atom stereocenters. The third-order valence-corrected chi connectivity index (χ3v) is 4.63. The van der Waals surface area contributed by atoms with E-state index in [1.165, 1.54) is 0 Å². The maximum Gasteiger partial charge on any atom is 0.286 e. The van der Waals surface area contributed by atoms with Crippen molar-refractivity contribution in [3.05, 3.63) is 74.7 Å². The van der Waals surface area contributed by atoms with Gasteiger partial charge in [0.05, 0.1) is 0 Å². The quantitative estimate of drug-likeness (QED) is 0.700. The van der Waals surface area contributed by atoms with Gasteiger partial charge in [-0.15, -0.1) is 10.2 Å². The number of halogens is 1. The first-order chi connectivity index (χ1) is 12.5. The minimum absolute atomic E-state index is 0.102. The van der Waals surface area contributed by atoms with Crippen LogP contribution in [0.25, 0.3) is 0 Å². The Labute approximate surface area is 159 Å². The highest BCUT2D eigenvalue weighted by Crippen LogP contribution is 2.17. The summed E-state index contributed by atoms with van der Waals surface area (Å²) >= 11 is 6.82. The van der Waals surface area contributed by atoms with Gasteiger partial charge in [-0.2, -0.15) is 0 Å². The van der Waals surface area contributed by atoms with Crippen LogP contribution >= 0.6 is 22.9 Å². The number of amides is 2. The van der Waals surface area contributed by atoms with Crippen molar-refractivity contribution in [1.29, 1.82) is 0 Å². The van der Waals surface area contributed by atoms with Crippen LogP contribution in [0.4, 0.5) is 5.69 Å². The average Bonchev–Trinajstić information content (AvgIpc) is 3.11. The maximum absolute atomic E-state index is 12.2. The Morgan fingerprint density at radius 2 is 1.73 bits per heavy atom. The summed E-state index contributed by atoms with van der Waals surface area (Å²) in [6.45, 7) is 2.38. The zero-order chi connectivity index (χ0) is 18.5. The number of nitrogens with zero attached hydrogens (tertiary/aromatic N) is 2. The van der Waals surface area contributed by atoms with Gasteiger partial charge in [-0.25, -0.2) is 0 Å². The van der Waals surface area contributed by atoms with E-state index in [-0.39, 0.29) is 15.9 Å². The Bertz CT molecular complexity index is 940. The molecule has 0 spiro atoms. The average molecular weight is 387 g/mol. The number of carbonyl (C=O) groups is 2. The van der Waals surface area contributed by atoms with Gasteiger partial charge in [0.15, 0.2) is 0 Å². The van der Waals surface area contributed by atoms with Crippen molar-refractivity contribution in [3.8, 4) is 0 Å². The van der Waals surface area contributed by atoms with E-state index >= 15 is 0 Å². The normalized spacial score (nSPS) is 10.4. The summed E-state index contributed by atoms with van der Waals surface area (Å²) in [4.78, 5) is 24.4. The molecule has 0 aliphatic heterocycles. The van der Waals surface area contributed by atoms with Crippen molar-refractivity contribution >= 4 is 40.4 Å². The lowest BCUT2D eigenvalue weighted by Crippen LogP contribution is -2.22.